The molecule has 0 aliphatic heterocycles. The molecular formula is C18H21NO2. The number of amides is 1. The number of nitrogens with zero attached hydrogens (tertiary/aromatic N) is 1. The molecule has 3 nitrogen and oxygen atoms in total. The maximum absolute atomic E-state index is 12.7. The van der Waals surface area contributed by atoms with Crippen molar-refractivity contribution in [2.45, 2.75) is 20.5 Å². The monoisotopic (exact) mass is 283 g/mol. The van der Waals surface area contributed by atoms with Gasteiger partial charge in [-0.25, -0.2) is 0 Å². The lowest BCUT2D eigenvalue weighted by atomic mass is 10.1. The van der Waals surface area contributed by atoms with Crippen LogP contribution in [-0.2, 0) is 11.3 Å². The fourth-order valence-corrected chi connectivity index (χ4v) is 2.36. The number of rotatable bonds is 5. The predicted molar refractivity (Wildman–Crippen MR) is 85.7 cm³/mol. The standard InChI is InChI=1S/C18H21NO2/c1-4-19(17-8-6-5-7-14(17)2)18(20)16-11-9-15(10-12-16)13-21-3/h5-12H,4,13H2,1-3H3. The molecule has 0 spiro atoms. The third-order valence-corrected chi connectivity index (χ3v) is 3.48. The average molecular weight is 283 g/mol. The molecule has 1 amide bonds. The van der Waals surface area contributed by atoms with E-state index in [9.17, 15) is 4.79 Å². The number of methoxy groups -OCH3 is 1. The molecule has 0 N–H and O–H groups in total. The minimum atomic E-state index is 0.0239. The second-order valence-electron chi connectivity index (χ2n) is 4.97. The number of aryl methyl sites for hydroxylation is 1. The summed E-state index contributed by atoms with van der Waals surface area (Å²) in [6.45, 7) is 5.21. The second-order valence-corrected chi connectivity index (χ2v) is 4.97. The van der Waals surface area contributed by atoms with Gasteiger partial charge in [-0.3, -0.25) is 4.79 Å². The first-order valence-corrected chi connectivity index (χ1v) is 7.12. The van der Waals surface area contributed by atoms with Crippen LogP contribution in [0.5, 0.6) is 0 Å². The molecule has 0 radical (unpaired) electrons. The molecule has 0 aromatic heterocycles. The molecule has 21 heavy (non-hydrogen) atoms. The molecule has 2 aromatic rings. The van der Waals surface area contributed by atoms with Gasteiger partial charge in [0.1, 0.15) is 0 Å². The van der Waals surface area contributed by atoms with E-state index < -0.39 is 0 Å². The van der Waals surface area contributed by atoms with E-state index in [0.717, 1.165) is 16.8 Å². The highest BCUT2D eigenvalue weighted by Crippen LogP contribution is 2.21. The van der Waals surface area contributed by atoms with Crippen molar-refractivity contribution in [2.75, 3.05) is 18.6 Å². The number of hydrogen-bond donors (Lipinski definition) is 0. The number of para-hydroxylation sites is 1. The summed E-state index contributed by atoms with van der Waals surface area (Å²) in [7, 11) is 1.66. The lowest BCUT2D eigenvalue weighted by Gasteiger charge is -2.23. The van der Waals surface area contributed by atoms with E-state index in [2.05, 4.69) is 0 Å². The zero-order valence-electron chi connectivity index (χ0n) is 12.8. The molecule has 3 heteroatoms. The number of ether oxygens (including phenoxy) is 1. The van der Waals surface area contributed by atoms with Gasteiger partial charge in [-0.05, 0) is 43.2 Å². The minimum absolute atomic E-state index is 0.0239. The Morgan fingerprint density at radius 1 is 1.10 bits per heavy atom. The molecule has 0 saturated heterocycles. The SMILES string of the molecule is CCN(C(=O)c1ccc(COC)cc1)c1ccccc1C. The molecule has 0 saturated carbocycles. The Kier molecular flexibility index (Phi) is 5.12. The fraction of sp³-hybridized carbons (Fsp3) is 0.278. The van der Waals surface area contributed by atoms with Crippen LogP contribution in [-0.4, -0.2) is 19.6 Å². The number of carbonyl (C=O) groups is 1. The van der Waals surface area contributed by atoms with E-state index in [1.54, 1.807) is 12.0 Å². The lowest BCUT2D eigenvalue weighted by molar-refractivity contribution is 0.0988. The number of hydrogen-bond acceptors (Lipinski definition) is 2. The Hall–Kier alpha value is -2.13. The summed E-state index contributed by atoms with van der Waals surface area (Å²) < 4.78 is 5.09. The highest BCUT2D eigenvalue weighted by atomic mass is 16.5. The first-order chi connectivity index (χ1) is 10.2. The fourth-order valence-electron chi connectivity index (χ4n) is 2.36. The van der Waals surface area contributed by atoms with E-state index in [1.165, 1.54) is 0 Å². The molecule has 0 aliphatic carbocycles. The van der Waals surface area contributed by atoms with Crippen molar-refractivity contribution in [1.82, 2.24) is 0 Å². The van der Waals surface area contributed by atoms with E-state index >= 15 is 0 Å². The summed E-state index contributed by atoms with van der Waals surface area (Å²) in [6.07, 6.45) is 0. The molecule has 0 atom stereocenters. The average Bonchev–Trinajstić information content (AvgIpc) is 2.51. The van der Waals surface area contributed by atoms with Crippen LogP contribution in [0.25, 0.3) is 0 Å². The van der Waals surface area contributed by atoms with Crippen LogP contribution in [0, 0.1) is 6.92 Å². The van der Waals surface area contributed by atoms with Gasteiger partial charge in [0.15, 0.2) is 0 Å². The van der Waals surface area contributed by atoms with Gasteiger partial charge >= 0.3 is 0 Å². The van der Waals surface area contributed by atoms with E-state index in [0.29, 0.717) is 18.7 Å². The van der Waals surface area contributed by atoms with Gasteiger partial charge in [0.05, 0.1) is 6.61 Å². The minimum Gasteiger partial charge on any atom is -0.380 e. The Morgan fingerprint density at radius 2 is 1.76 bits per heavy atom. The summed E-state index contributed by atoms with van der Waals surface area (Å²) in [5.74, 6) is 0.0239. The first-order valence-electron chi connectivity index (χ1n) is 7.12. The number of benzene rings is 2. The Balaban J connectivity index is 2.26. The largest absolute Gasteiger partial charge is 0.380 e. The van der Waals surface area contributed by atoms with Crippen molar-refractivity contribution in [3.05, 3.63) is 65.2 Å². The van der Waals surface area contributed by atoms with Gasteiger partial charge < -0.3 is 9.64 Å². The highest BCUT2D eigenvalue weighted by Gasteiger charge is 2.17. The normalized spacial score (nSPS) is 10.4. The molecule has 0 bridgehead atoms. The van der Waals surface area contributed by atoms with Gasteiger partial charge in [-0.2, -0.15) is 0 Å². The molecule has 0 fully saturated rings. The summed E-state index contributed by atoms with van der Waals surface area (Å²) in [6, 6.07) is 15.5. The number of carbonyl (C=O) groups excluding carboxylic acids is 1. The van der Waals surface area contributed by atoms with Crippen molar-refractivity contribution >= 4 is 11.6 Å². The first kappa shape index (κ1) is 15.3. The van der Waals surface area contributed by atoms with Crippen LogP contribution in [0.3, 0.4) is 0 Å². The van der Waals surface area contributed by atoms with Crippen molar-refractivity contribution in [1.29, 1.82) is 0 Å². The van der Waals surface area contributed by atoms with E-state index in [4.69, 9.17) is 4.74 Å². The molecule has 0 heterocycles. The van der Waals surface area contributed by atoms with Gasteiger partial charge in [0, 0.05) is 24.9 Å². The third-order valence-electron chi connectivity index (χ3n) is 3.48. The Labute approximate surface area is 126 Å². The molecule has 0 aliphatic rings. The van der Waals surface area contributed by atoms with Crippen LogP contribution in [0.2, 0.25) is 0 Å². The predicted octanol–water partition coefficient (Wildman–Crippen LogP) is 3.81. The molecule has 110 valence electrons. The van der Waals surface area contributed by atoms with Crippen molar-refractivity contribution in [2.24, 2.45) is 0 Å². The van der Waals surface area contributed by atoms with Crippen molar-refractivity contribution in [3.8, 4) is 0 Å². The van der Waals surface area contributed by atoms with Gasteiger partial charge in [-0.15, -0.1) is 0 Å². The maximum Gasteiger partial charge on any atom is 0.258 e. The van der Waals surface area contributed by atoms with Crippen LogP contribution >= 0.6 is 0 Å². The third kappa shape index (κ3) is 3.50. The molecular weight excluding hydrogens is 262 g/mol. The quantitative estimate of drug-likeness (QED) is 0.835. The van der Waals surface area contributed by atoms with E-state index in [1.807, 2.05) is 62.4 Å². The topological polar surface area (TPSA) is 29.5 Å². The molecule has 2 rings (SSSR count). The zero-order chi connectivity index (χ0) is 15.2. The summed E-state index contributed by atoms with van der Waals surface area (Å²) in [4.78, 5) is 14.5. The Bertz CT molecular complexity index is 605. The second kappa shape index (κ2) is 7.04. The highest BCUT2D eigenvalue weighted by molar-refractivity contribution is 6.06. The summed E-state index contributed by atoms with van der Waals surface area (Å²) in [5.41, 5.74) is 3.82. The Morgan fingerprint density at radius 3 is 2.33 bits per heavy atom. The van der Waals surface area contributed by atoms with E-state index in [-0.39, 0.29) is 5.91 Å². The number of anilines is 1. The van der Waals surface area contributed by atoms with Gasteiger partial charge in [-0.1, -0.05) is 30.3 Å². The molecule has 2 aromatic carbocycles. The van der Waals surface area contributed by atoms with Gasteiger partial charge in [0.25, 0.3) is 5.91 Å². The van der Waals surface area contributed by atoms with Crippen molar-refractivity contribution < 1.29 is 9.53 Å². The van der Waals surface area contributed by atoms with Crippen LogP contribution in [0.4, 0.5) is 5.69 Å². The maximum atomic E-state index is 12.7. The van der Waals surface area contributed by atoms with Crippen molar-refractivity contribution in [3.63, 3.8) is 0 Å². The molecule has 0 unspecified atom stereocenters. The summed E-state index contributed by atoms with van der Waals surface area (Å²) >= 11 is 0. The lowest BCUT2D eigenvalue weighted by Crippen LogP contribution is -2.31. The van der Waals surface area contributed by atoms with Crippen LogP contribution in [0.15, 0.2) is 48.5 Å². The summed E-state index contributed by atoms with van der Waals surface area (Å²) in [5, 5.41) is 0. The zero-order valence-corrected chi connectivity index (χ0v) is 12.8. The van der Waals surface area contributed by atoms with Crippen LogP contribution in [0.1, 0.15) is 28.4 Å². The van der Waals surface area contributed by atoms with Crippen LogP contribution < -0.4 is 4.90 Å². The smallest absolute Gasteiger partial charge is 0.258 e. The van der Waals surface area contributed by atoms with Gasteiger partial charge in [0.2, 0.25) is 0 Å².